The van der Waals surface area contributed by atoms with E-state index >= 15 is 0 Å². The quantitative estimate of drug-likeness (QED) is 0.537. The van der Waals surface area contributed by atoms with Gasteiger partial charge in [0.05, 0.1) is 23.2 Å². The summed E-state index contributed by atoms with van der Waals surface area (Å²) in [7, 11) is 0. The molecule has 5 rings (SSSR count). The minimum absolute atomic E-state index is 0.0398. The number of ether oxygens (including phenoxy) is 2. The van der Waals surface area contributed by atoms with E-state index in [-0.39, 0.29) is 18.2 Å². The summed E-state index contributed by atoms with van der Waals surface area (Å²) in [6.07, 6.45) is 5.04. The van der Waals surface area contributed by atoms with E-state index in [1.165, 1.54) is 24.5 Å². The van der Waals surface area contributed by atoms with Gasteiger partial charge in [0, 0.05) is 11.5 Å². The lowest BCUT2D eigenvalue weighted by atomic mass is 10.1. The fourth-order valence-electron chi connectivity index (χ4n) is 3.06. The molecule has 4 aromatic rings. The number of fused-ring (bicyclic) bond motifs is 2. The number of carbonyl (C=O) groups is 1. The molecule has 1 amide bonds. The van der Waals surface area contributed by atoms with Crippen molar-refractivity contribution in [3.63, 3.8) is 0 Å². The molecule has 0 saturated heterocycles. The lowest BCUT2D eigenvalue weighted by Gasteiger charge is -2.05. The maximum Gasteiger partial charge on any atom is 0.291 e. The lowest BCUT2D eigenvalue weighted by Crippen LogP contribution is -2.12. The molecule has 0 aliphatic carbocycles. The number of benzene rings is 2. The Hall–Kier alpha value is -4.07. The minimum atomic E-state index is -0.577. The number of rotatable bonds is 4. The van der Waals surface area contributed by atoms with Crippen LogP contribution in [0.4, 0.5) is 10.1 Å². The zero-order valence-corrected chi connectivity index (χ0v) is 14.9. The van der Waals surface area contributed by atoms with Crippen LogP contribution in [0.5, 0.6) is 11.5 Å². The fourth-order valence-corrected chi connectivity index (χ4v) is 3.06. The van der Waals surface area contributed by atoms with E-state index in [4.69, 9.17) is 13.9 Å². The van der Waals surface area contributed by atoms with Crippen molar-refractivity contribution < 1.29 is 23.1 Å². The van der Waals surface area contributed by atoms with Crippen molar-refractivity contribution in [2.24, 2.45) is 0 Å². The molecule has 1 aliphatic rings. The van der Waals surface area contributed by atoms with E-state index in [1.54, 1.807) is 12.1 Å². The Labute approximate surface area is 163 Å². The van der Waals surface area contributed by atoms with Gasteiger partial charge in [-0.15, -0.1) is 0 Å². The third-order valence-electron chi connectivity index (χ3n) is 4.50. The highest BCUT2D eigenvalue weighted by molar-refractivity contribution is 6.04. The molecule has 29 heavy (non-hydrogen) atoms. The van der Waals surface area contributed by atoms with E-state index < -0.39 is 11.7 Å². The summed E-state index contributed by atoms with van der Waals surface area (Å²) in [5.74, 6) is 0.380. The first-order valence-corrected chi connectivity index (χ1v) is 8.77. The second-order valence-corrected chi connectivity index (χ2v) is 6.36. The van der Waals surface area contributed by atoms with E-state index in [1.807, 2.05) is 24.3 Å². The predicted molar refractivity (Wildman–Crippen MR) is 104 cm³/mol. The molecule has 0 fully saturated rings. The van der Waals surface area contributed by atoms with Gasteiger partial charge >= 0.3 is 0 Å². The van der Waals surface area contributed by atoms with Gasteiger partial charge in [0.15, 0.2) is 17.3 Å². The summed E-state index contributed by atoms with van der Waals surface area (Å²) in [5.41, 5.74) is 2.06. The Bertz CT molecular complexity index is 1240. The smallest absolute Gasteiger partial charge is 0.291 e. The van der Waals surface area contributed by atoms with Crippen LogP contribution >= 0.6 is 0 Å². The first-order valence-electron chi connectivity index (χ1n) is 8.77. The molecule has 0 spiro atoms. The standard InChI is InChI=1S/C21H14FN3O4/c22-14-10-16-13(9-17(14)23-21(26)19-2-1-7-27-19)15(24-25-16)5-3-12-4-6-18-20(8-12)29-11-28-18/h1-10H,11H2,(H,23,26)(H,24,25). The van der Waals surface area contributed by atoms with Crippen LogP contribution in [0.1, 0.15) is 21.8 Å². The molecule has 0 radical (unpaired) electrons. The maximum absolute atomic E-state index is 14.4. The van der Waals surface area contributed by atoms with Gasteiger partial charge < -0.3 is 19.2 Å². The van der Waals surface area contributed by atoms with Crippen LogP contribution in [0.3, 0.4) is 0 Å². The number of furan rings is 1. The SMILES string of the molecule is O=C(Nc1cc2c(C=Cc3ccc4c(c3)OCO4)n[nH]c2cc1F)c1ccco1. The molecule has 144 valence electrons. The van der Waals surface area contributed by atoms with Gasteiger partial charge in [0.1, 0.15) is 5.82 Å². The highest BCUT2D eigenvalue weighted by Crippen LogP contribution is 2.33. The molecular formula is C21H14FN3O4. The predicted octanol–water partition coefficient (Wildman–Crippen LogP) is 4.45. The van der Waals surface area contributed by atoms with Gasteiger partial charge in [-0.1, -0.05) is 12.1 Å². The van der Waals surface area contributed by atoms with Crippen LogP contribution < -0.4 is 14.8 Å². The number of amides is 1. The van der Waals surface area contributed by atoms with Crippen molar-refractivity contribution in [1.29, 1.82) is 0 Å². The van der Waals surface area contributed by atoms with Gasteiger partial charge in [0.25, 0.3) is 5.91 Å². The third kappa shape index (κ3) is 3.20. The molecule has 2 aromatic heterocycles. The van der Waals surface area contributed by atoms with Crippen LogP contribution in [-0.2, 0) is 0 Å². The Kier molecular flexibility index (Phi) is 4.02. The summed E-state index contributed by atoms with van der Waals surface area (Å²) in [5, 5.41) is 10.2. The number of anilines is 1. The van der Waals surface area contributed by atoms with Crippen LogP contribution in [0.25, 0.3) is 23.1 Å². The number of aromatic nitrogens is 2. The number of H-pyrrole nitrogens is 1. The number of carbonyl (C=O) groups excluding carboxylic acids is 1. The number of aromatic amines is 1. The van der Waals surface area contributed by atoms with Crippen molar-refractivity contribution in [2.75, 3.05) is 12.1 Å². The largest absolute Gasteiger partial charge is 0.459 e. The summed E-state index contributed by atoms with van der Waals surface area (Å²) >= 11 is 0. The lowest BCUT2D eigenvalue weighted by molar-refractivity contribution is 0.0996. The van der Waals surface area contributed by atoms with Gasteiger partial charge in [-0.05, 0) is 42.0 Å². The van der Waals surface area contributed by atoms with Crippen molar-refractivity contribution in [1.82, 2.24) is 10.2 Å². The molecular weight excluding hydrogens is 377 g/mol. The molecule has 0 atom stereocenters. The average Bonchev–Trinajstić information content (AvgIpc) is 3.47. The highest BCUT2D eigenvalue weighted by atomic mass is 19.1. The fraction of sp³-hybridized carbons (Fsp3) is 0.0476. The maximum atomic E-state index is 14.4. The van der Waals surface area contributed by atoms with E-state index in [9.17, 15) is 9.18 Å². The average molecular weight is 391 g/mol. The summed E-state index contributed by atoms with van der Waals surface area (Å²) in [4.78, 5) is 12.2. The molecule has 2 N–H and O–H groups in total. The van der Waals surface area contributed by atoms with Crippen LogP contribution in [0.15, 0.2) is 53.1 Å². The summed E-state index contributed by atoms with van der Waals surface area (Å²) in [6.45, 7) is 0.213. The zero-order valence-electron chi connectivity index (χ0n) is 14.9. The van der Waals surface area contributed by atoms with Gasteiger partial charge in [-0.3, -0.25) is 9.89 Å². The van der Waals surface area contributed by atoms with E-state index in [0.29, 0.717) is 28.1 Å². The molecule has 0 saturated carbocycles. The molecule has 1 aliphatic heterocycles. The highest BCUT2D eigenvalue weighted by Gasteiger charge is 2.15. The Morgan fingerprint density at radius 1 is 1.14 bits per heavy atom. The van der Waals surface area contributed by atoms with Crippen LogP contribution in [-0.4, -0.2) is 22.9 Å². The van der Waals surface area contributed by atoms with Crippen LogP contribution in [0.2, 0.25) is 0 Å². The number of hydrogen-bond donors (Lipinski definition) is 2. The first kappa shape index (κ1) is 17.1. The van der Waals surface area contributed by atoms with Crippen molar-refractivity contribution in [3.8, 4) is 11.5 Å². The molecule has 0 bridgehead atoms. The van der Waals surface area contributed by atoms with Crippen molar-refractivity contribution >= 4 is 34.6 Å². The first-order chi connectivity index (χ1) is 14.2. The molecule has 0 unspecified atom stereocenters. The normalized spacial score (nSPS) is 12.7. The van der Waals surface area contributed by atoms with E-state index in [2.05, 4.69) is 15.5 Å². The van der Waals surface area contributed by atoms with Crippen molar-refractivity contribution in [2.45, 2.75) is 0 Å². The summed E-state index contributed by atoms with van der Waals surface area (Å²) in [6, 6.07) is 11.5. The molecule has 8 heteroatoms. The number of nitrogens with one attached hydrogen (secondary N) is 2. The van der Waals surface area contributed by atoms with E-state index in [0.717, 1.165) is 5.56 Å². The molecule has 3 heterocycles. The van der Waals surface area contributed by atoms with Crippen molar-refractivity contribution in [3.05, 3.63) is 71.6 Å². The van der Waals surface area contributed by atoms with Gasteiger partial charge in [-0.2, -0.15) is 5.10 Å². The Balaban J connectivity index is 1.44. The van der Waals surface area contributed by atoms with Gasteiger partial charge in [0.2, 0.25) is 6.79 Å². The Morgan fingerprint density at radius 3 is 2.90 bits per heavy atom. The topological polar surface area (TPSA) is 89.4 Å². The second-order valence-electron chi connectivity index (χ2n) is 6.36. The third-order valence-corrected chi connectivity index (χ3v) is 4.50. The molecule has 2 aromatic carbocycles. The number of nitrogens with zero attached hydrogens (tertiary/aromatic N) is 1. The number of halogens is 1. The second kappa shape index (κ2) is 6.83. The van der Waals surface area contributed by atoms with Crippen LogP contribution in [0, 0.1) is 5.82 Å². The summed E-state index contributed by atoms with van der Waals surface area (Å²) < 4.78 is 30.1. The number of hydrogen-bond acceptors (Lipinski definition) is 5. The zero-order chi connectivity index (χ0) is 19.8. The monoisotopic (exact) mass is 391 g/mol. The molecule has 7 nitrogen and oxygen atoms in total. The minimum Gasteiger partial charge on any atom is -0.459 e. The Morgan fingerprint density at radius 2 is 2.03 bits per heavy atom. The van der Waals surface area contributed by atoms with Gasteiger partial charge in [-0.25, -0.2) is 4.39 Å².